The highest BCUT2D eigenvalue weighted by Crippen LogP contribution is 2.11. The van der Waals surface area contributed by atoms with Gasteiger partial charge in [-0.25, -0.2) is 4.79 Å². The van der Waals surface area contributed by atoms with E-state index in [0.717, 1.165) is 32.3 Å². The van der Waals surface area contributed by atoms with Crippen molar-refractivity contribution in [1.82, 2.24) is 0 Å². The van der Waals surface area contributed by atoms with Crippen molar-refractivity contribution < 1.29 is 24.1 Å². The molecule has 0 saturated heterocycles. The number of carbonyl (C=O) groups excluding carboxylic acids is 1. The molecule has 1 rings (SSSR count). The van der Waals surface area contributed by atoms with Gasteiger partial charge in [-0.15, -0.1) is 0 Å². The summed E-state index contributed by atoms with van der Waals surface area (Å²) >= 11 is 0. The number of benzene rings is 1. The van der Waals surface area contributed by atoms with Crippen LogP contribution in [0.15, 0.2) is 24.3 Å². The first-order chi connectivity index (χ1) is 12.7. The summed E-state index contributed by atoms with van der Waals surface area (Å²) < 4.78 is 16.7. The van der Waals surface area contributed by atoms with Gasteiger partial charge in [0.15, 0.2) is 0 Å². The summed E-state index contributed by atoms with van der Waals surface area (Å²) in [5.41, 5.74) is 0.445. The monoisotopic (exact) mass is 366 g/mol. The van der Waals surface area contributed by atoms with Crippen molar-refractivity contribution in [3.8, 4) is 5.75 Å². The lowest BCUT2D eigenvalue weighted by Crippen LogP contribution is -2.20. The van der Waals surface area contributed by atoms with Gasteiger partial charge in [-0.2, -0.15) is 0 Å². The van der Waals surface area contributed by atoms with Crippen LogP contribution in [0.25, 0.3) is 0 Å². The first-order valence-corrected chi connectivity index (χ1v) is 9.82. The predicted octanol–water partition coefficient (Wildman–Crippen LogP) is 4.72. The molecule has 148 valence electrons. The number of hydrogen-bond donors (Lipinski definition) is 1. The average molecular weight is 366 g/mol. The second-order valence-electron chi connectivity index (χ2n) is 6.43. The van der Waals surface area contributed by atoms with Crippen LogP contribution < -0.4 is 0 Å². The van der Waals surface area contributed by atoms with Crippen LogP contribution >= 0.6 is 0 Å². The third kappa shape index (κ3) is 10.4. The fourth-order valence-electron chi connectivity index (χ4n) is 2.43. The molecular weight excluding hydrogens is 332 g/mol. The van der Waals surface area contributed by atoms with Gasteiger partial charge in [0.05, 0.1) is 24.9 Å². The highest BCUT2D eigenvalue weighted by atomic mass is 16.5. The molecule has 0 aliphatic carbocycles. The minimum atomic E-state index is -0.367. The van der Waals surface area contributed by atoms with Gasteiger partial charge in [0.2, 0.25) is 0 Å². The number of unbranched alkanes of at least 4 members (excludes halogenated alkanes) is 4. The quantitative estimate of drug-likeness (QED) is 0.359. The molecule has 1 aromatic carbocycles. The normalized spacial score (nSPS) is 12.1. The number of carbonyl (C=O) groups is 1. The molecule has 0 bridgehead atoms. The van der Waals surface area contributed by atoms with E-state index in [0.29, 0.717) is 25.4 Å². The number of phenols is 1. The van der Waals surface area contributed by atoms with Crippen LogP contribution in [0.1, 0.15) is 69.2 Å². The Morgan fingerprint density at radius 3 is 2.35 bits per heavy atom. The van der Waals surface area contributed by atoms with Crippen LogP contribution in [0, 0.1) is 0 Å². The van der Waals surface area contributed by atoms with Crippen molar-refractivity contribution in [3.05, 3.63) is 29.8 Å². The standard InChI is InChI=1S/C21H34O5/c1-3-5-6-7-15-25-20(4-2)17-24-14-8-9-16-26-21(23)18-10-12-19(22)13-11-18/h10-13,20,22H,3-9,14-17H2,1-2H3. The molecule has 5 nitrogen and oxygen atoms in total. The minimum absolute atomic E-state index is 0.133. The van der Waals surface area contributed by atoms with Crippen LogP contribution in [0.4, 0.5) is 0 Å². The number of hydrogen-bond acceptors (Lipinski definition) is 5. The van der Waals surface area contributed by atoms with Crippen molar-refractivity contribution >= 4 is 5.97 Å². The van der Waals surface area contributed by atoms with Crippen LogP contribution in [0.3, 0.4) is 0 Å². The maximum atomic E-state index is 11.8. The van der Waals surface area contributed by atoms with E-state index in [4.69, 9.17) is 14.2 Å². The molecule has 0 aliphatic heterocycles. The minimum Gasteiger partial charge on any atom is -0.508 e. The SMILES string of the molecule is CCCCCCOC(CC)COCCCCOC(=O)c1ccc(O)cc1. The Kier molecular flexibility index (Phi) is 12.6. The second-order valence-corrected chi connectivity index (χ2v) is 6.43. The van der Waals surface area contributed by atoms with E-state index < -0.39 is 0 Å². The molecular formula is C21H34O5. The molecule has 0 fully saturated rings. The second kappa shape index (κ2) is 14.6. The van der Waals surface area contributed by atoms with Crippen molar-refractivity contribution in [1.29, 1.82) is 0 Å². The van der Waals surface area contributed by atoms with E-state index in [9.17, 15) is 9.90 Å². The molecule has 0 spiro atoms. The van der Waals surface area contributed by atoms with Crippen molar-refractivity contribution in [2.75, 3.05) is 26.4 Å². The largest absolute Gasteiger partial charge is 0.508 e. The number of phenolic OH excluding ortho intramolecular Hbond substituents is 1. The molecule has 1 atom stereocenters. The average Bonchev–Trinajstić information content (AvgIpc) is 2.65. The Balaban J connectivity index is 2.00. The fourth-order valence-corrected chi connectivity index (χ4v) is 2.43. The number of esters is 1. The van der Waals surface area contributed by atoms with Crippen LogP contribution in [-0.4, -0.2) is 43.6 Å². The van der Waals surface area contributed by atoms with Gasteiger partial charge in [0.25, 0.3) is 0 Å². The topological polar surface area (TPSA) is 65.0 Å². The van der Waals surface area contributed by atoms with Crippen molar-refractivity contribution in [3.63, 3.8) is 0 Å². The third-order valence-electron chi connectivity index (χ3n) is 4.13. The molecule has 0 radical (unpaired) electrons. The van der Waals surface area contributed by atoms with E-state index in [2.05, 4.69) is 13.8 Å². The van der Waals surface area contributed by atoms with Gasteiger partial charge in [0.1, 0.15) is 5.75 Å². The lowest BCUT2D eigenvalue weighted by Gasteiger charge is -2.16. The van der Waals surface area contributed by atoms with E-state index in [-0.39, 0.29) is 17.8 Å². The first-order valence-electron chi connectivity index (χ1n) is 9.82. The zero-order chi connectivity index (χ0) is 19.0. The van der Waals surface area contributed by atoms with Gasteiger partial charge in [-0.05, 0) is 49.9 Å². The van der Waals surface area contributed by atoms with Gasteiger partial charge in [-0.3, -0.25) is 0 Å². The van der Waals surface area contributed by atoms with E-state index >= 15 is 0 Å². The molecule has 0 aliphatic rings. The van der Waals surface area contributed by atoms with Crippen LogP contribution in [0.5, 0.6) is 5.75 Å². The Hall–Kier alpha value is -1.59. The third-order valence-corrected chi connectivity index (χ3v) is 4.13. The van der Waals surface area contributed by atoms with Gasteiger partial charge in [0, 0.05) is 13.2 Å². The highest BCUT2D eigenvalue weighted by molar-refractivity contribution is 5.89. The van der Waals surface area contributed by atoms with Gasteiger partial charge in [-0.1, -0.05) is 33.1 Å². The number of aromatic hydroxyl groups is 1. The molecule has 1 unspecified atom stereocenters. The molecule has 1 aromatic rings. The van der Waals surface area contributed by atoms with Crippen LogP contribution in [-0.2, 0) is 14.2 Å². The maximum Gasteiger partial charge on any atom is 0.338 e. The summed E-state index contributed by atoms with van der Waals surface area (Å²) in [6, 6.07) is 6.04. The van der Waals surface area contributed by atoms with Gasteiger partial charge >= 0.3 is 5.97 Å². The van der Waals surface area contributed by atoms with Crippen molar-refractivity contribution in [2.24, 2.45) is 0 Å². The Bertz CT molecular complexity index is 472. The highest BCUT2D eigenvalue weighted by Gasteiger charge is 2.08. The number of ether oxygens (including phenoxy) is 3. The Morgan fingerprint density at radius 2 is 1.65 bits per heavy atom. The van der Waals surface area contributed by atoms with E-state index in [1.807, 2.05) is 0 Å². The number of rotatable bonds is 15. The summed E-state index contributed by atoms with van der Waals surface area (Å²) in [6.45, 7) is 6.77. The molecule has 0 saturated carbocycles. The molecule has 0 heterocycles. The zero-order valence-electron chi connectivity index (χ0n) is 16.2. The van der Waals surface area contributed by atoms with E-state index in [1.165, 1.54) is 31.4 Å². The first kappa shape index (κ1) is 22.5. The zero-order valence-corrected chi connectivity index (χ0v) is 16.2. The summed E-state index contributed by atoms with van der Waals surface area (Å²) in [6.07, 6.45) is 7.60. The predicted molar refractivity (Wildman–Crippen MR) is 103 cm³/mol. The maximum absolute atomic E-state index is 11.8. The lowest BCUT2D eigenvalue weighted by molar-refractivity contribution is -0.0206. The van der Waals surface area contributed by atoms with E-state index in [1.54, 1.807) is 12.1 Å². The van der Waals surface area contributed by atoms with Crippen LogP contribution in [0.2, 0.25) is 0 Å². The molecule has 1 N–H and O–H groups in total. The molecule has 26 heavy (non-hydrogen) atoms. The molecule has 0 amide bonds. The summed E-state index contributed by atoms with van der Waals surface area (Å²) in [4.78, 5) is 11.8. The summed E-state index contributed by atoms with van der Waals surface area (Å²) in [5, 5.41) is 9.20. The Morgan fingerprint density at radius 1 is 0.962 bits per heavy atom. The Labute approximate surface area is 157 Å². The van der Waals surface area contributed by atoms with Crippen molar-refractivity contribution in [2.45, 2.75) is 64.9 Å². The summed E-state index contributed by atoms with van der Waals surface area (Å²) in [7, 11) is 0. The van der Waals surface area contributed by atoms with Gasteiger partial charge < -0.3 is 19.3 Å². The summed E-state index contributed by atoms with van der Waals surface area (Å²) in [5.74, 6) is -0.234. The molecule has 5 heteroatoms. The molecule has 0 aromatic heterocycles. The fraction of sp³-hybridized carbons (Fsp3) is 0.667. The lowest BCUT2D eigenvalue weighted by atomic mass is 10.2. The smallest absolute Gasteiger partial charge is 0.338 e.